The zero-order valence-corrected chi connectivity index (χ0v) is 15.2. The van der Waals surface area contributed by atoms with Crippen molar-refractivity contribution in [2.45, 2.75) is 39.2 Å². The summed E-state index contributed by atoms with van der Waals surface area (Å²) in [5.74, 6) is 0.690. The molecule has 1 N–H and O–H groups in total. The van der Waals surface area contributed by atoms with Crippen LogP contribution in [0.5, 0.6) is 0 Å². The predicted molar refractivity (Wildman–Crippen MR) is 104 cm³/mol. The van der Waals surface area contributed by atoms with Gasteiger partial charge in [0.05, 0.1) is 5.92 Å². The Kier molecular flexibility index (Phi) is 5.87. The highest BCUT2D eigenvalue weighted by atomic mass is 16.1. The Labute approximate surface area is 151 Å². The van der Waals surface area contributed by atoms with Crippen molar-refractivity contribution in [2.24, 2.45) is 5.92 Å². The van der Waals surface area contributed by atoms with E-state index in [9.17, 15) is 4.79 Å². The van der Waals surface area contributed by atoms with Crippen LogP contribution in [0.1, 0.15) is 43.7 Å². The van der Waals surface area contributed by atoms with Crippen molar-refractivity contribution in [3.05, 3.63) is 65.7 Å². The minimum Gasteiger partial charge on any atom is -0.326 e. The maximum absolute atomic E-state index is 12.7. The van der Waals surface area contributed by atoms with E-state index in [0.29, 0.717) is 5.92 Å². The highest BCUT2D eigenvalue weighted by Crippen LogP contribution is 2.28. The van der Waals surface area contributed by atoms with Crippen molar-refractivity contribution in [1.82, 2.24) is 4.90 Å². The van der Waals surface area contributed by atoms with Gasteiger partial charge in [0.15, 0.2) is 0 Å². The molecule has 0 aromatic heterocycles. The van der Waals surface area contributed by atoms with E-state index in [4.69, 9.17) is 0 Å². The Balaban J connectivity index is 1.60. The summed E-state index contributed by atoms with van der Waals surface area (Å²) in [7, 11) is 0. The summed E-state index contributed by atoms with van der Waals surface area (Å²) in [6.07, 6.45) is 2.01. The smallest absolute Gasteiger partial charge is 0.228 e. The third kappa shape index (κ3) is 4.49. The first kappa shape index (κ1) is 17.7. The number of carbonyl (C=O) groups is 1. The van der Waals surface area contributed by atoms with Crippen LogP contribution in [0.2, 0.25) is 0 Å². The lowest BCUT2D eigenvalue weighted by Crippen LogP contribution is -2.27. The molecule has 0 saturated carbocycles. The van der Waals surface area contributed by atoms with E-state index < -0.39 is 0 Å². The number of anilines is 1. The number of rotatable bonds is 6. The van der Waals surface area contributed by atoms with Gasteiger partial charge in [-0.3, -0.25) is 9.69 Å². The summed E-state index contributed by atoms with van der Waals surface area (Å²) in [6, 6.07) is 18.7. The van der Waals surface area contributed by atoms with Crippen molar-refractivity contribution < 1.29 is 4.79 Å². The van der Waals surface area contributed by atoms with Gasteiger partial charge >= 0.3 is 0 Å². The molecule has 1 aliphatic heterocycles. The molecule has 2 aromatic carbocycles. The number of hydrogen-bond donors (Lipinski definition) is 1. The van der Waals surface area contributed by atoms with Gasteiger partial charge in [-0.05, 0) is 42.5 Å². The first-order chi connectivity index (χ1) is 12.2. The first-order valence-corrected chi connectivity index (χ1v) is 9.33. The standard InChI is InChI=1S/C22H28N2O/c1-3-17(2)20-11-7-8-12-21(20)23-22(25)19-13-14-24(16-19)15-18-9-5-4-6-10-18/h4-12,17,19H,3,13-16H2,1-2H3,(H,23,25). The Morgan fingerprint density at radius 2 is 1.88 bits per heavy atom. The molecule has 3 heteroatoms. The van der Waals surface area contributed by atoms with Crippen LogP contribution in [0.15, 0.2) is 54.6 Å². The van der Waals surface area contributed by atoms with Crippen molar-refractivity contribution in [3.8, 4) is 0 Å². The molecule has 2 unspecified atom stereocenters. The van der Waals surface area contributed by atoms with Crippen LogP contribution in [0.25, 0.3) is 0 Å². The van der Waals surface area contributed by atoms with Gasteiger partial charge < -0.3 is 5.32 Å². The lowest BCUT2D eigenvalue weighted by atomic mass is 9.96. The molecular weight excluding hydrogens is 308 g/mol. The number of likely N-dealkylation sites (tertiary alicyclic amines) is 1. The van der Waals surface area contributed by atoms with Gasteiger partial charge in [0, 0.05) is 18.8 Å². The molecule has 0 radical (unpaired) electrons. The fourth-order valence-corrected chi connectivity index (χ4v) is 3.53. The van der Waals surface area contributed by atoms with E-state index in [1.54, 1.807) is 0 Å². The van der Waals surface area contributed by atoms with Gasteiger partial charge in [0.25, 0.3) is 0 Å². The van der Waals surface area contributed by atoms with Gasteiger partial charge in [-0.1, -0.05) is 62.4 Å². The van der Waals surface area contributed by atoms with Crippen LogP contribution in [-0.4, -0.2) is 23.9 Å². The molecular formula is C22H28N2O. The lowest BCUT2D eigenvalue weighted by molar-refractivity contribution is -0.119. The summed E-state index contributed by atoms with van der Waals surface area (Å²) in [5.41, 5.74) is 3.52. The maximum Gasteiger partial charge on any atom is 0.228 e. The number of benzene rings is 2. The summed E-state index contributed by atoms with van der Waals surface area (Å²) in [4.78, 5) is 15.1. The molecule has 0 spiro atoms. The van der Waals surface area contributed by atoms with Crippen LogP contribution in [0.4, 0.5) is 5.69 Å². The van der Waals surface area contributed by atoms with Gasteiger partial charge in [0.2, 0.25) is 5.91 Å². The molecule has 1 aliphatic rings. The Morgan fingerprint density at radius 3 is 2.64 bits per heavy atom. The minimum absolute atomic E-state index is 0.0775. The van der Waals surface area contributed by atoms with Gasteiger partial charge in [-0.15, -0.1) is 0 Å². The highest BCUT2D eigenvalue weighted by molar-refractivity contribution is 5.93. The third-order valence-electron chi connectivity index (χ3n) is 5.25. The first-order valence-electron chi connectivity index (χ1n) is 9.33. The molecule has 3 rings (SSSR count). The minimum atomic E-state index is 0.0775. The van der Waals surface area contributed by atoms with Crippen LogP contribution < -0.4 is 5.32 Å². The number of para-hydroxylation sites is 1. The fourth-order valence-electron chi connectivity index (χ4n) is 3.53. The Hall–Kier alpha value is -2.13. The SMILES string of the molecule is CCC(C)c1ccccc1NC(=O)C1CCN(Cc2ccccc2)C1. The van der Waals surface area contributed by atoms with Crippen molar-refractivity contribution in [1.29, 1.82) is 0 Å². The highest BCUT2D eigenvalue weighted by Gasteiger charge is 2.28. The van der Waals surface area contributed by atoms with Gasteiger partial charge in [-0.2, -0.15) is 0 Å². The van der Waals surface area contributed by atoms with E-state index in [1.807, 2.05) is 24.3 Å². The van der Waals surface area contributed by atoms with Crippen molar-refractivity contribution in [3.63, 3.8) is 0 Å². The molecule has 132 valence electrons. The average molecular weight is 336 g/mol. The van der Waals surface area contributed by atoms with E-state index in [1.165, 1.54) is 11.1 Å². The number of nitrogens with zero attached hydrogens (tertiary/aromatic N) is 1. The largest absolute Gasteiger partial charge is 0.326 e. The van der Waals surface area contributed by atoms with Crippen LogP contribution in [0, 0.1) is 5.92 Å². The van der Waals surface area contributed by atoms with Crippen LogP contribution >= 0.6 is 0 Å². The summed E-state index contributed by atoms with van der Waals surface area (Å²) < 4.78 is 0. The third-order valence-corrected chi connectivity index (χ3v) is 5.25. The molecule has 25 heavy (non-hydrogen) atoms. The number of hydrogen-bond acceptors (Lipinski definition) is 2. The Morgan fingerprint density at radius 1 is 1.16 bits per heavy atom. The number of amides is 1. The number of carbonyl (C=O) groups excluding carboxylic acids is 1. The molecule has 1 fully saturated rings. The maximum atomic E-state index is 12.7. The molecule has 0 bridgehead atoms. The van der Waals surface area contributed by atoms with E-state index in [-0.39, 0.29) is 11.8 Å². The monoisotopic (exact) mass is 336 g/mol. The summed E-state index contributed by atoms with van der Waals surface area (Å²) >= 11 is 0. The van der Waals surface area contributed by atoms with Crippen LogP contribution in [-0.2, 0) is 11.3 Å². The van der Waals surface area contributed by atoms with E-state index in [2.05, 4.69) is 54.4 Å². The number of nitrogens with one attached hydrogen (secondary N) is 1. The summed E-state index contributed by atoms with van der Waals surface area (Å²) in [6.45, 7) is 7.14. The Bertz CT molecular complexity index is 698. The van der Waals surface area contributed by atoms with E-state index >= 15 is 0 Å². The van der Waals surface area contributed by atoms with E-state index in [0.717, 1.165) is 38.2 Å². The predicted octanol–water partition coefficient (Wildman–Crippen LogP) is 4.66. The van der Waals surface area contributed by atoms with Gasteiger partial charge in [-0.25, -0.2) is 0 Å². The molecule has 3 nitrogen and oxygen atoms in total. The average Bonchev–Trinajstić information content (AvgIpc) is 3.11. The molecule has 0 aliphatic carbocycles. The zero-order valence-electron chi connectivity index (χ0n) is 15.2. The molecule has 2 aromatic rings. The van der Waals surface area contributed by atoms with Crippen molar-refractivity contribution in [2.75, 3.05) is 18.4 Å². The topological polar surface area (TPSA) is 32.3 Å². The molecule has 1 heterocycles. The normalized spacial score (nSPS) is 18.9. The second kappa shape index (κ2) is 8.30. The molecule has 1 saturated heterocycles. The van der Waals surface area contributed by atoms with Crippen LogP contribution in [0.3, 0.4) is 0 Å². The van der Waals surface area contributed by atoms with Gasteiger partial charge in [0.1, 0.15) is 0 Å². The lowest BCUT2D eigenvalue weighted by Gasteiger charge is -2.18. The quantitative estimate of drug-likeness (QED) is 0.832. The second-order valence-electron chi connectivity index (χ2n) is 7.09. The zero-order chi connectivity index (χ0) is 17.6. The second-order valence-corrected chi connectivity index (χ2v) is 7.09. The summed E-state index contributed by atoms with van der Waals surface area (Å²) in [5, 5.41) is 3.19. The van der Waals surface area contributed by atoms with Crippen molar-refractivity contribution >= 4 is 11.6 Å². The molecule has 1 amide bonds. The fraction of sp³-hybridized carbons (Fsp3) is 0.409. The molecule has 2 atom stereocenters.